The Kier molecular flexibility index (Phi) is 4.39. The first-order chi connectivity index (χ1) is 9.54. The van der Waals surface area contributed by atoms with Crippen molar-refractivity contribution in [2.24, 2.45) is 5.92 Å². The van der Waals surface area contributed by atoms with Crippen LogP contribution in [0.3, 0.4) is 0 Å². The maximum absolute atomic E-state index is 6.00. The molecule has 0 spiro atoms. The van der Waals surface area contributed by atoms with E-state index in [4.69, 9.17) is 15.0 Å². The number of benzene rings is 1. The van der Waals surface area contributed by atoms with Gasteiger partial charge in [-0.1, -0.05) is 31.1 Å². The van der Waals surface area contributed by atoms with E-state index in [1.54, 1.807) is 0 Å². The predicted octanol–water partition coefficient (Wildman–Crippen LogP) is 3.36. The van der Waals surface area contributed by atoms with Gasteiger partial charge < -0.3 is 15.0 Å². The van der Waals surface area contributed by atoms with E-state index < -0.39 is 0 Å². The van der Waals surface area contributed by atoms with Crippen molar-refractivity contribution in [1.29, 1.82) is 0 Å². The molecule has 1 atom stereocenters. The lowest BCUT2D eigenvalue weighted by Gasteiger charge is -2.16. The molecule has 0 amide bonds. The van der Waals surface area contributed by atoms with Gasteiger partial charge in [-0.2, -0.15) is 4.98 Å². The van der Waals surface area contributed by atoms with E-state index in [0.717, 1.165) is 11.1 Å². The third-order valence-electron chi connectivity index (χ3n) is 3.17. The van der Waals surface area contributed by atoms with E-state index in [1.807, 2.05) is 32.0 Å². The molecule has 0 aliphatic rings. The predicted molar refractivity (Wildman–Crippen MR) is 78.1 cm³/mol. The number of aryl methyl sites for hydroxylation is 1. The summed E-state index contributed by atoms with van der Waals surface area (Å²) < 4.78 is 11.1. The summed E-state index contributed by atoms with van der Waals surface area (Å²) in [6.07, 6.45) is -0.164. The average Bonchev–Trinajstić information content (AvgIpc) is 2.84. The van der Waals surface area contributed by atoms with Crippen LogP contribution in [0.1, 0.15) is 38.3 Å². The number of nitrogens with zero attached hydrogens (tertiary/aromatic N) is 2. The number of ether oxygens (including phenoxy) is 1. The third kappa shape index (κ3) is 2.82. The van der Waals surface area contributed by atoms with E-state index in [1.165, 1.54) is 0 Å². The third-order valence-corrected chi connectivity index (χ3v) is 3.17. The smallest absolute Gasteiger partial charge is 0.260 e. The molecule has 1 aromatic carbocycles. The first-order valence-electron chi connectivity index (χ1n) is 6.85. The molecule has 0 radical (unpaired) electrons. The second kappa shape index (κ2) is 6.05. The Labute approximate surface area is 119 Å². The topological polar surface area (TPSA) is 74.2 Å². The van der Waals surface area contributed by atoms with Crippen LogP contribution < -0.4 is 5.73 Å². The molecular formula is C15H21N3O2. The first kappa shape index (κ1) is 14.5. The van der Waals surface area contributed by atoms with Crippen molar-refractivity contribution in [3.05, 3.63) is 29.6 Å². The summed E-state index contributed by atoms with van der Waals surface area (Å²) in [6, 6.07) is 5.70. The van der Waals surface area contributed by atoms with Crippen LogP contribution in [0, 0.1) is 12.8 Å². The fourth-order valence-corrected chi connectivity index (χ4v) is 2.18. The van der Waals surface area contributed by atoms with Crippen molar-refractivity contribution >= 4 is 5.69 Å². The highest BCUT2D eigenvalue weighted by Gasteiger charge is 2.23. The van der Waals surface area contributed by atoms with Crippen LogP contribution in [0.5, 0.6) is 0 Å². The Morgan fingerprint density at radius 2 is 2.10 bits per heavy atom. The van der Waals surface area contributed by atoms with Crippen LogP contribution in [0.15, 0.2) is 22.7 Å². The van der Waals surface area contributed by atoms with Gasteiger partial charge in [-0.15, -0.1) is 0 Å². The zero-order valence-electron chi connectivity index (χ0n) is 12.4. The summed E-state index contributed by atoms with van der Waals surface area (Å²) in [5.41, 5.74) is 8.44. The fraction of sp³-hybridized carbons (Fsp3) is 0.467. The quantitative estimate of drug-likeness (QED) is 0.847. The lowest BCUT2D eigenvalue weighted by Crippen LogP contribution is -2.12. The zero-order valence-corrected chi connectivity index (χ0v) is 12.4. The Bertz CT molecular complexity index is 558. The lowest BCUT2D eigenvalue weighted by atomic mass is 10.1. The van der Waals surface area contributed by atoms with Crippen LogP contribution in [0.4, 0.5) is 5.69 Å². The normalized spacial score (nSPS) is 12.8. The number of hydrogen-bond donors (Lipinski definition) is 1. The van der Waals surface area contributed by atoms with Gasteiger partial charge in [-0.3, -0.25) is 0 Å². The highest BCUT2D eigenvalue weighted by Crippen LogP contribution is 2.30. The Balaban J connectivity index is 2.37. The van der Waals surface area contributed by atoms with E-state index in [9.17, 15) is 0 Å². The van der Waals surface area contributed by atoms with Crippen LogP contribution in [-0.4, -0.2) is 16.7 Å². The van der Waals surface area contributed by atoms with Crippen molar-refractivity contribution in [2.45, 2.75) is 33.8 Å². The largest absolute Gasteiger partial charge is 0.398 e. The van der Waals surface area contributed by atoms with Gasteiger partial charge in [0, 0.05) is 12.3 Å². The van der Waals surface area contributed by atoms with E-state index in [2.05, 4.69) is 24.0 Å². The molecular weight excluding hydrogens is 254 g/mol. The number of hydrogen-bond acceptors (Lipinski definition) is 5. The van der Waals surface area contributed by atoms with Gasteiger partial charge in [0.1, 0.15) is 6.10 Å². The first-order valence-corrected chi connectivity index (χ1v) is 6.85. The minimum absolute atomic E-state index is 0.164. The molecule has 2 N–H and O–H groups in total. The number of aromatic nitrogens is 2. The molecule has 1 unspecified atom stereocenters. The van der Waals surface area contributed by atoms with Crippen molar-refractivity contribution in [1.82, 2.24) is 10.1 Å². The molecule has 0 fully saturated rings. The zero-order chi connectivity index (χ0) is 14.7. The van der Waals surface area contributed by atoms with E-state index in [-0.39, 0.29) is 12.0 Å². The number of nitrogens with two attached hydrogens (primary N) is 1. The SMILES string of the molecule is CCOC(c1noc(-c2c(C)cccc2N)n1)C(C)C. The molecule has 20 heavy (non-hydrogen) atoms. The van der Waals surface area contributed by atoms with Gasteiger partial charge >= 0.3 is 0 Å². The van der Waals surface area contributed by atoms with Crippen LogP contribution in [0.25, 0.3) is 11.5 Å². The lowest BCUT2D eigenvalue weighted by molar-refractivity contribution is 0.0217. The van der Waals surface area contributed by atoms with Gasteiger partial charge in [0.15, 0.2) is 0 Å². The molecule has 108 valence electrons. The molecule has 5 nitrogen and oxygen atoms in total. The maximum Gasteiger partial charge on any atom is 0.260 e. The van der Waals surface area contributed by atoms with Gasteiger partial charge in [0.2, 0.25) is 5.82 Å². The van der Waals surface area contributed by atoms with Gasteiger partial charge in [0.25, 0.3) is 5.89 Å². The number of anilines is 1. The molecule has 0 aliphatic carbocycles. The van der Waals surface area contributed by atoms with Crippen LogP contribution in [-0.2, 0) is 4.74 Å². The summed E-state index contributed by atoms with van der Waals surface area (Å²) >= 11 is 0. The Morgan fingerprint density at radius 1 is 1.35 bits per heavy atom. The van der Waals surface area contributed by atoms with Crippen molar-refractivity contribution < 1.29 is 9.26 Å². The number of rotatable bonds is 5. The Morgan fingerprint density at radius 3 is 2.70 bits per heavy atom. The molecule has 0 bridgehead atoms. The highest BCUT2D eigenvalue weighted by molar-refractivity contribution is 5.73. The minimum Gasteiger partial charge on any atom is -0.398 e. The van der Waals surface area contributed by atoms with Crippen LogP contribution >= 0.6 is 0 Å². The van der Waals surface area contributed by atoms with E-state index in [0.29, 0.717) is 24.0 Å². The summed E-state index contributed by atoms with van der Waals surface area (Å²) in [7, 11) is 0. The standard InChI is InChI=1S/C15H21N3O2/c1-5-19-13(9(2)3)14-17-15(20-18-14)12-10(4)7-6-8-11(12)16/h6-9,13H,5,16H2,1-4H3. The molecule has 0 saturated carbocycles. The van der Waals surface area contributed by atoms with Gasteiger partial charge in [-0.25, -0.2) is 0 Å². The molecule has 5 heteroatoms. The van der Waals surface area contributed by atoms with Crippen molar-refractivity contribution in [3.63, 3.8) is 0 Å². The number of nitrogen functional groups attached to an aromatic ring is 1. The van der Waals surface area contributed by atoms with Gasteiger partial charge in [-0.05, 0) is 31.4 Å². The summed E-state index contributed by atoms with van der Waals surface area (Å²) in [6.45, 7) is 8.67. The summed E-state index contributed by atoms with van der Waals surface area (Å²) in [5.74, 6) is 1.29. The molecule has 2 aromatic rings. The van der Waals surface area contributed by atoms with Gasteiger partial charge in [0.05, 0.1) is 5.56 Å². The Hall–Kier alpha value is -1.88. The summed E-state index contributed by atoms with van der Waals surface area (Å²) in [4.78, 5) is 4.46. The average molecular weight is 275 g/mol. The molecule has 1 aromatic heterocycles. The molecule has 2 rings (SSSR count). The second-order valence-electron chi connectivity index (χ2n) is 5.12. The molecule has 1 heterocycles. The van der Waals surface area contributed by atoms with Crippen LogP contribution in [0.2, 0.25) is 0 Å². The van der Waals surface area contributed by atoms with Crippen molar-refractivity contribution in [3.8, 4) is 11.5 Å². The second-order valence-corrected chi connectivity index (χ2v) is 5.12. The van der Waals surface area contributed by atoms with Crippen molar-refractivity contribution in [2.75, 3.05) is 12.3 Å². The highest BCUT2D eigenvalue weighted by atomic mass is 16.5. The monoisotopic (exact) mass is 275 g/mol. The summed E-state index contributed by atoms with van der Waals surface area (Å²) in [5, 5.41) is 4.05. The minimum atomic E-state index is -0.164. The molecule has 0 saturated heterocycles. The molecule has 0 aliphatic heterocycles. The maximum atomic E-state index is 6.00. The van der Waals surface area contributed by atoms with E-state index >= 15 is 0 Å². The fourth-order valence-electron chi connectivity index (χ4n) is 2.18.